The van der Waals surface area contributed by atoms with Gasteiger partial charge in [0.25, 0.3) is 0 Å². The highest BCUT2D eigenvalue weighted by molar-refractivity contribution is 7.89. The number of halogens is 1. The van der Waals surface area contributed by atoms with Crippen molar-refractivity contribution in [2.24, 2.45) is 0 Å². The molecule has 0 amide bonds. The Morgan fingerprint density at radius 3 is 2.33 bits per heavy atom. The van der Waals surface area contributed by atoms with E-state index in [1.807, 2.05) is 20.8 Å². The highest BCUT2D eigenvalue weighted by Crippen LogP contribution is 2.32. The van der Waals surface area contributed by atoms with Crippen LogP contribution in [0, 0.1) is 27.7 Å². The van der Waals surface area contributed by atoms with Crippen LogP contribution in [0.15, 0.2) is 11.0 Å². The van der Waals surface area contributed by atoms with Crippen LogP contribution in [0.4, 0.5) is 10.2 Å². The minimum absolute atomic E-state index is 0.0626. The Morgan fingerprint density at radius 2 is 1.80 bits per heavy atom. The number of hydrogen-bond acceptors (Lipinski definition) is 6. The topological polar surface area (TPSA) is 93.0 Å². The molecule has 2 aromatic rings. The first-order chi connectivity index (χ1) is 13.9. The van der Waals surface area contributed by atoms with Gasteiger partial charge in [0, 0.05) is 30.9 Å². The molecule has 3 rings (SSSR count). The van der Waals surface area contributed by atoms with E-state index in [1.165, 1.54) is 4.31 Å². The van der Waals surface area contributed by atoms with Gasteiger partial charge in [-0.1, -0.05) is 0 Å². The van der Waals surface area contributed by atoms with Crippen molar-refractivity contribution >= 4 is 15.8 Å². The second-order valence-electron chi connectivity index (χ2n) is 8.39. The Morgan fingerprint density at radius 1 is 1.17 bits per heavy atom. The Labute approximate surface area is 178 Å². The summed E-state index contributed by atoms with van der Waals surface area (Å²) >= 11 is 0. The van der Waals surface area contributed by atoms with E-state index in [-0.39, 0.29) is 43.4 Å². The number of alkyl halides is 1. The van der Waals surface area contributed by atoms with Crippen molar-refractivity contribution in [2.45, 2.75) is 71.0 Å². The normalized spacial score (nSPS) is 17.5. The Kier molecular flexibility index (Phi) is 6.20. The van der Waals surface area contributed by atoms with Crippen LogP contribution in [0.1, 0.15) is 55.6 Å². The number of nitrogens with one attached hydrogen (secondary N) is 1. The lowest BCUT2D eigenvalue weighted by molar-refractivity contribution is 0.102. The summed E-state index contributed by atoms with van der Waals surface area (Å²) in [4.78, 5) is 8.73. The van der Waals surface area contributed by atoms with Crippen LogP contribution in [-0.4, -0.2) is 57.8 Å². The molecule has 1 saturated heterocycles. The average Bonchev–Trinajstić information content (AvgIpc) is 2.95. The fourth-order valence-corrected chi connectivity index (χ4v) is 5.82. The van der Waals surface area contributed by atoms with Crippen molar-refractivity contribution in [2.75, 3.05) is 25.0 Å². The SMILES string of the molecule is Cc1cc(NCC2(F)CCN(S(=O)(=O)c3c(C)nn(C(C)C)c3C)CC2)nc(C)n1. The summed E-state index contributed by atoms with van der Waals surface area (Å²) in [5, 5.41) is 7.44. The predicted octanol–water partition coefficient (Wildman–Crippen LogP) is 3.09. The van der Waals surface area contributed by atoms with Crippen LogP contribution >= 0.6 is 0 Å². The van der Waals surface area contributed by atoms with Crippen molar-refractivity contribution in [1.29, 1.82) is 0 Å². The van der Waals surface area contributed by atoms with Crippen LogP contribution in [0.3, 0.4) is 0 Å². The van der Waals surface area contributed by atoms with Crippen LogP contribution in [0.2, 0.25) is 0 Å². The Balaban J connectivity index is 1.70. The van der Waals surface area contributed by atoms with Gasteiger partial charge in [-0.15, -0.1) is 0 Å². The number of sulfonamides is 1. The maximum Gasteiger partial charge on any atom is 0.246 e. The molecule has 1 fully saturated rings. The standard InChI is InChI=1S/C20H31FN6O2S/c1-13(2)27-16(5)19(15(4)25-27)30(28,29)26-9-7-20(21,8-10-26)12-22-18-11-14(3)23-17(6)24-18/h11,13H,7-10,12H2,1-6H3,(H,22,23,24). The van der Waals surface area contributed by atoms with E-state index in [0.29, 0.717) is 23.0 Å². The predicted molar refractivity (Wildman–Crippen MR) is 114 cm³/mol. The van der Waals surface area contributed by atoms with Gasteiger partial charge in [0.2, 0.25) is 10.0 Å². The molecule has 0 atom stereocenters. The van der Waals surface area contributed by atoms with E-state index in [1.54, 1.807) is 31.5 Å². The summed E-state index contributed by atoms with van der Waals surface area (Å²) in [5.41, 5.74) is 0.419. The first-order valence-electron chi connectivity index (χ1n) is 10.2. The van der Waals surface area contributed by atoms with E-state index < -0.39 is 15.7 Å². The van der Waals surface area contributed by atoms with E-state index >= 15 is 4.39 Å². The number of nitrogens with zero attached hydrogens (tertiary/aromatic N) is 5. The average molecular weight is 439 g/mol. The van der Waals surface area contributed by atoms with E-state index in [9.17, 15) is 8.42 Å². The molecule has 0 radical (unpaired) electrons. The van der Waals surface area contributed by atoms with Gasteiger partial charge in [-0.2, -0.15) is 9.40 Å². The van der Waals surface area contributed by atoms with Gasteiger partial charge in [-0.3, -0.25) is 4.68 Å². The van der Waals surface area contributed by atoms with Gasteiger partial charge >= 0.3 is 0 Å². The number of piperidine rings is 1. The van der Waals surface area contributed by atoms with Crippen LogP contribution in [0.25, 0.3) is 0 Å². The van der Waals surface area contributed by atoms with Gasteiger partial charge in [0.1, 0.15) is 22.2 Å². The second-order valence-corrected chi connectivity index (χ2v) is 10.3. The molecule has 3 heterocycles. The minimum Gasteiger partial charge on any atom is -0.367 e. The molecule has 8 nitrogen and oxygen atoms in total. The number of anilines is 1. The van der Waals surface area contributed by atoms with Gasteiger partial charge in [-0.05, 0) is 54.4 Å². The number of hydrogen-bond donors (Lipinski definition) is 1. The zero-order valence-corrected chi connectivity index (χ0v) is 19.3. The van der Waals surface area contributed by atoms with Crippen molar-refractivity contribution < 1.29 is 12.8 Å². The first-order valence-corrected chi connectivity index (χ1v) is 11.7. The van der Waals surface area contributed by atoms with Crippen molar-refractivity contribution in [3.63, 3.8) is 0 Å². The molecule has 10 heteroatoms. The molecule has 0 unspecified atom stereocenters. The van der Waals surface area contributed by atoms with Crippen molar-refractivity contribution in [1.82, 2.24) is 24.1 Å². The lowest BCUT2D eigenvalue weighted by Gasteiger charge is -2.35. The van der Waals surface area contributed by atoms with E-state index in [0.717, 1.165) is 5.69 Å². The largest absolute Gasteiger partial charge is 0.367 e. The van der Waals surface area contributed by atoms with E-state index in [2.05, 4.69) is 20.4 Å². The van der Waals surface area contributed by atoms with Gasteiger partial charge in [0.15, 0.2) is 0 Å². The smallest absolute Gasteiger partial charge is 0.246 e. The lowest BCUT2D eigenvalue weighted by atomic mass is 9.94. The number of aryl methyl sites for hydroxylation is 3. The van der Waals surface area contributed by atoms with Gasteiger partial charge in [-0.25, -0.2) is 22.8 Å². The molecule has 0 saturated carbocycles. The molecular weight excluding hydrogens is 407 g/mol. The fraction of sp³-hybridized carbons (Fsp3) is 0.650. The summed E-state index contributed by atoms with van der Waals surface area (Å²) < 4.78 is 44.9. The molecule has 1 aliphatic rings. The first kappa shape index (κ1) is 22.6. The maximum atomic E-state index is 15.3. The molecule has 1 N–H and O–H groups in total. The summed E-state index contributed by atoms with van der Waals surface area (Å²) in [5.74, 6) is 1.21. The molecule has 30 heavy (non-hydrogen) atoms. The maximum absolute atomic E-state index is 15.3. The zero-order chi connectivity index (χ0) is 22.3. The summed E-state index contributed by atoms with van der Waals surface area (Å²) in [6.45, 7) is 11.4. The monoisotopic (exact) mass is 438 g/mol. The quantitative estimate of drug-likeness (QED) is 0.745. The van der Waals surface area contributed by atoms with Gasteiger partial charge < -0.3 is 5.32 Å². The lowest BCUT2D eigenvalue weighted by Crippen LogP contribution is -2.47. The number of rotatable bonds is 6. The molecule has 0 aliphatic carbocycles. The number of aromatic nitrogens is 4. The molecule has 166 valence electrons. The fourth-order valence-electron chi connectivity index (χ4n) is 4.01. The highest BCUT2D eigenvalue weighted by atomic mass is 32.2. The summed E-state index contributed by atoms with van der Waals surface area (Å²) in [6.07, 6.45) is 0.247. The third kappa shape index (κ3) is 4.49. The molecular formula is C20H31FN6O2S. The van der Waals surface area contributed by atoms with E-state index in [4.69, 9.17) is 0 Å². The summed E-state index contributed by atoms with van der Waals surface area (Å²) in [7, 11) is -3.72. The third-order valence-corrected chi connectivity index (χ3v) is 7.67. The molecule has 2 aromatic heterocycles. The van der Waals surface area contributed by atoms with Crippen LogP contribution < -0.4 is 5.32 Å². The highest BCUT2D eigenvalue weighted by Gasteiger charge is 2.40. The molecule has 0 aromatic carbocycles. The Hall–Kier alpha value is -2.07. The van der Waals surface area contributed by atoms with Gasteiger partial charge in [0.05, 0.1) is 17.9 Å². The second kappa shape index (κ2) is 8.22. The Bertz CT molecular complexity index is 1010. The van der Waals surface area contributed by atoms with Crippen LogP contribution in [-0.2, 0) is 10.0 Å². The van der Waals surface area contributed by atoms with Crippen molar-refractivity contribution in [3.05, 3.63) is 29.0 Å². The zero-order valence-electron chi connectivity index (χ0n) is 18.5. The van der Waals surface area contributed by atoms with Crippen molar-refractivity contribution in [3.8, 4) is 0 Å². The molecule has 0 spiro atoms. The third-order valence-electron chi connectivity index (χ3n) is 5.52. The molecule has 1 aliphatic heterocycles. The minimum atomic E-state index is -3.72. The molecule has 0 bridgehead atoms. The van der Waals surface area contributed by atoms with Crippen LogP contribution in [0.5, 0.6) is 0 Å². The summed E-state index contributed by atoms with van der Waals surface area (Å²) in [6, 6.07) is 1.83.